The molecule has 16 heavy (non-hydrogen) atoms. The van der Waals surface area contributed by atoms with E-state index in [4.69, 9.17) is 21.1 Å². The minimum Gasteiger partial charge on any atom is -0.492 e. The van der Waals surface area contributed by atoms with Crippen LogP contribution in [0.25, 0.3) is 0 Å². The molecule has 0 radical (unpaired) electrons. The van der Waals surface area contributed by atoms with Crippen molar-refractivity contribution in [3.63, 3.8) is 0 Å². The zero-order valence-corrected chi connectivity index (χ0v) is 10.5. The first-order valence-electron chi connectivity index (χ1n) is 5.32. The van der Waals surface area contributed by atoms with Crippen molar-refractivity contribution in [2.75, 3.05) is 33.4 Å². The third-order valence-electron chi connectivity index (χ3n) is 2.16. The van der Waals surface area contributed by atoms with Crippen molar-refractivity contribution in [2.24, 2.45) is 0 Å². The summed E-state index contributed by atoms with van der Waals surface area (Å²) >= 11 is 5.85. The highest BCUT2D eigenvalue weighted by Crippen LogP contribution is 2.21. The summed E-state index contributed by atoms with van der Waals surface area (Å²) in [6.45, 7) is 5.01. The van der Waals surface area contributed by atoms with Crippen LogP contribution in [0.5, 0.6) is 5.75 Å². The average Bonchev–Trinajstić information content (AvgIpc) is 2.26. The van der Waals surface area contributed by atoms with Crippen LogP contribution in [0, 0.1) is 6.92 Å². The molecule has 0 amide bonds. The summed E-state index contributed by atoms with van der Waals surface area (Å²) in [5.74, 6) is 0.887. The molecule has 0 unspecified atom stereocenters. The Morgan fingerprint density at radius 1 is 1.25 bits per heavy atom. The molecule has 1 aromatic rings. The van der Waals surface area contributed by atoms with Gasteiger partial charge in [0.15, 0.2) is 0 Å². The fourth-order valence-electron chi connectivity index (χ4n) is 1.31. The van der Waals surface area contributed by atoms with Gasteiger partial charge in [-0.1, -0.05) is 11.6 Å². The Hall–Kier alpha value is -0.770. The molecule has 0 saturated carbocycles. The van der Waals surface area contributed by atoms with Gasteiger partial charge in [-0.25, -0.2) is 0 Å². The van der Waals surface area contributed by atoms with Crippen LogP contribution >= 0.6 is 11.6 Å². The van der Waals surface area contributed by atoms with Gasteiger partial charge in [0.25, 0.3) is 0 Å². The van der Waals surface area contributed by atoms with E-state index in [2.05, 4.69) is 5.32 Å². The molecule has 0 aliphatic rings. The maximum absolute atomic E-state index is 5.85. The Kier molecular flexibility index (Phi) is 6.23. The monoisotopic (exact) mass is 243 g/mol. The third kappa shape index (κ3) is 4.84. The van der Waals surface area contributed by atoms with E-state index in [9.17, 15) is 0 Å². The van der Waals surface area contributed by atoms with Gasteiger partial charge in [0.1, 0.15) is 12.4 Å². The van der Waals surface area contributed by atoms with E-state index < -0.39 is 0 Å². The standard InChI is InChI=1S/C12H18ClNO2/c1-10-9-11(13)3-4-12(10)16-8-6-14-5-7-15-2/h3-4,9,14H,5-8H2,1-2H3. The molecule has 0 bridgehead atoms. The first-order chi connectivity index (χ1) is 7.74. The summed E-state index contributed by atoms with van der Waals surface area (Å²) in [6, 6.07) is 5.63. The summed E-state index contributed by atoms with van der Waals surface area (Å²) < 4.78 is 10.5. The van der Waals surface area contributed by atoms with E-state index in [1.807, 2.05) is 25.1 Å². The molecule has 0 saturated heterocycles. The maximum Gasteiger partial charge on any atom is 0.122 e. The minimum absolute atomic E-state index is 0.645. The van der Waals surface area contributed by atoms with Gasteiger partial charge in [-0.15, -0.1) is 0 Å². The van der Waals surface area contributed by atoms with Gasteiger partial charge in [0, 0.05) is 25.2 Å². The summed E-state index contributed by atoms with van der Waals surface area (Å²) in [7, 11) is 1.69. The number of rotatable bonds is 7. The lowest BCUT2D eigenvalue weighted by Crippen LogP contribution is -2.24. The average molecular weight is 244 g/mol. The second kappa shape index (κ2) is 7.49. The van der Waals surface area contributed by atoms with Crippen LogP contribution in [0.1, 0.15) is 5.56 Å². The largest absolute Gasteiger partial charge is 0.492 e. The number of benzene rings is 1. The van der Waals surface area contributed by atoms with Crippen molar-refractivity contribution >= 4 is 11.6 Å². The van der Waals surface area contributed by atoms with Crippen molar-refractivity contribution in [1.29, 1.82) is 0 Å². The maximum atomic E-state index is 5.85. The van der Waals surface area contributed by atoms with Crippen molar-refractivity contribution in [1.82, 2.24) is 5.32 Å². The summed E-state index contributed by atoms with van der Waals surface area (Å²) in [5, 5.41) is 3.95. The predicted octanol–water partition coefficient (Wildman–Crippen LogP) is 2.26. The molecule has 4 heteroatoms. The van der Waals surface area contributed by atoms with Gasteiger partial charge in [-0.3, -0.25) is 0 Å². The van der Waals surface area contributed by atoms with E-state index in [0.717, 1.165) is 36.0 Å². The zero-order chi connectivity index (χ0) is 11.8. The van der Waals surface area contributed by atoms with Crippen LogP contribution in [-0.2, 0) is 4.74 Å². The molecule has 0 heterocycles. The van der Waals surface area contributed by atoms with Gasteiger partial charge in [-0.2, -0.15) is 0 Å². The van der Waals surface area contributed by atoms with Gasteiger partial charge in [0.05, 0.1) is 6.61 Å². The highest BCUT2D eigenvalue weighted by molar-refractivity contribution is 6.30. The van der Waals surface area contributed by atoms with Gasteiger partial charge in [0.2, 0.25) is 0 Å². The molecule has 0 atom stereocenters. The lowest BCUT2D eigenvalue weighted by atomic mass is 10.2. The number of methoxy groups -OCH3 is 1. The Balaban J connectivity index is 2.21. The second-order valence-electron chi connectivity index (χ2n) is 3.50. The molecule has 1 N–H and O–H groups in total. The minimum atomic E-state index is 0.645. The molecule has 1 rings (SSSR count). The normalized spacial score (nSPS) is 10.4. The zero-order valence-electron chi connectivity index (χ0n) is 9.75. The lowest BCUT2D eigenvalue weighted by molar-refractivity contribution is 0.196. The summed E-state index contributed by atoms with van der Waals surface area (Å²) in [4.78, 5) is 0. The van der Waals surface area contributed by atoms with Crippen LogP contribution in [0.15, 0.2) is 18.2 Å². The molecule has 0 fully saturated rings. The van der Waals surface area contributed by atoms with Crippen molar-refractivity contribution in [3.05, 3.63) is 28.8 Å². The van der Waals surface area contributed by atoms with Crippen LogP contribution < -0.4 is 10.1 Å². The third-order valence-corrected chi connectivity index (χ3v) is 2.39. The number of hydrogen-bond donors (Lipinski definition) is 1. The van der Waals surface area contributed by atoms with Crippen molar-refractivity contribution in [2.45, 2.75) is 6.92 Å². The van der Waals surface area contributed by atoms with Crippen LogP contribution in [0.2, 0.25) is 5.02 Å². The lowest BCUT2D eigenvalue weighted by Gasteiger charge is -2.09. The van der Waals surface area contributed by atoms with Crippen LogP contribution in [0.4, 0.5) is 0 Å². The number of ether oxygens (including phenoxy) is 2. The van der Waals surface area contributed by atoms with E-state index >= 15 is 0 Å². The molecule has 0 spiro atoms. The molecule has 0 aliphatic heterocycles. The molecule has 0 aliphatic carbocycles. The highest BCUT2D eigenvalue weighted by Gasteiger charge is 1.99. The van der Waals surface area contributed by atoms with Crippen molar-refractivity contribution < 1.29 is 9.47 Å². The summed E-state index contributed by atoms with van der Waals surface area (Å²) in [6.07, 6.45) is 0. The number of halogens is 1. The SMILES string of the molecule is COCCNCCOc1ccc(Cl)cc1C. The Bertz CT molecular complexity index is 318. The number of hydrogen-bond acceptors (Lipinski definition) is 3. The smallest absolute Gasteiger partial charge is 0.122 e. The van der Waals surface area contributed by atoms with E-state index in [-0.39, 0.29) is 0 Å². The molecule has 0 aromatic heterocycles. The fourth-order valence-corrected chi connectivity index (χ4v) is 1.53. The quantitative estimate of drug-likeness (QED) is 0.746. The van der Waals surface area contributed by atoms with Crippen molar-refractivity contribution in [3.8, 4) is 5.75 Å². The Morgan fingerprint density at radius 3 is 2.69 bits per heavy atom. The van der Waals surface area contributed by atoms with Gasteiger partial charge >= 0.3 is 0 Å². The van der Waals surface area contributed by atoms with E-state index in [1.165, 1.54) is 0 Å². The second-order valence-corrected chi connectivity index (χ2v) is 3.94. The highest BCUT2D eigenvalue weighted by atomic mass is 35.5. The van der Waals surface area contributed by atoms with E-state index in [1.54, 1.807) is 7.11 Å². The van der Waals surface area contributed by atoms with Gasteiger partial charge < -0.3 is 14.8 Å². The van der Waals surface area contributed by atoms with Gasteiger partial charge in [-0.05, 0) is 30.7 Å². The van der Waals surface area contributed by atoms with Crippen LogP contribution in [-0.4, -0.2) is 33.4 Å². The number of nitrogens with one attached hydrogen (secondary N) is 1. The Labute approximate surface area is 102 Å². The molecular formula is C12H18ClNO2. The first kappa shape index (κ1) is 13.3. The number of aryl methyl sites for hydroxylation is 1. The topological polar surface area (TPSA) is 30.5 Å². The van der Waals surface area contributed by atoms with E-state index in [0.29, 0.717) is 6.61 Å². The van der Waals surface area contributed by atoms with Crippen LogP contribution in [0.3, 0.4) is 0 Å². The molecular weight excluding hydrogens is 226 g/mol. The fraction of sp³-hybridized carbons (Fsp3) is 0.500. The predicted molar refractivity (Wildman–Crippen MR) is 66.4 cm³/mol. The summed E-state index contributed by atoms with van der Waals surface area (Å²) in [5.41, 5.74) is 1.06. The molecule has 3 nitrogen and oxygen atoms in total. The molecule has 90 valence electrons. The Morgan fingerprint density at radius 2 is 2.00 bits per heavy atom. The molecule has 1 aromatic carbocycles. The first-order valence-corrected chi connectivity index (χ1v) is 5.70.